The molecule has 2 atom stereocenters. The lowest BCUT2D eigenvalue weighted by Crippen LogP contribution is -2.38. The van der Waals surface area contributed by atoms with Crippen molar-refractivity contribution >= 4 is 24.0 Å². The molecule has 1 aromatic rings. The van der Waals surface area contributed by atoms with Crippen molar-refractivity contribution in [2.24, 2.45) is 0 Å². The summed E-state index contributed by atoms with van der Waals surface area (Å²) in [6.45, 7) is 4.19. The first-order chi connectivity index (χ1) is 9.63. The maximum Gasteiger partial charge on any atom is 0.241 e. The van der Waals surface area contributed by atoms with Crippen molar-refractivity contribution in [3.8, 4) is 5.75 Å². The molecule has 0 saturated carbocycles. The average molecular weight is 313 g/mol. The number of anilines is 1. The van der Waals surface area contributed by atoms with E-state index < -0.39 is 0 Å². The first kappa shape index (κ1) is 17.8. The Kier molecular flexibility index (Phi) is 6.99. The summed E-state index contributed by atoms with van der Waals surface area (Å²) in [5, 5.41) is 6.07. The van der Waals surface area contributed by atoms with E-state index in [-0.39, 0.29) is 30.5 Å². The Labute approximate surface area is 133 Å². The molecular formula is C16H25ClN2O2. The van der Waals surface area contributed by atoms with Crippen LogP contribution in [0.4, 0.5) is 5.69 Å². The molecule has 1 amide bonds. The summed E-state index contributed by atoms with van der Waals surface area (Å²) in [6.07, 6.45) is 4.15. The van der Waals surface area contributed by atoms with Gasteiger partial charge in [-0.05, 0) is 44.2 Å². The number of carbonyl (C=O) groups is 1. The van der Waals surface area contributed by atoms with Gasteiger partial charge in [0.2, 0.25) is 5.91 Å². The molecule has 0 aromatic heterocycles. The number of unbranched alkanes of at least 4 members (excludes halogenated alkanes) is 1. The summed E-state index contributed by atoms with van der Waals surface area (Å²) in [7, 11) is 1.83. The van der Waals surface area contributed by atoms with Gasteiger partial charge in [-0.25, -0.2) is 0 Å². The van der Waals surface area contributed by atoms with Crippen molar-refractivity contribution in [1.29, 1.82) is 0 Å². The third kappa shape index (κ3) is 4.61. The van der Waals surface area contributed by atoms with Crippen molar-refractivity contribution < 1.29 is 9.53 Å². The molecule has 1 heterocycles. The number of ether oxygens (including phenoxy) is 1. The van der Waals surface area contributed by atoms with E-state index in [1.807, 2.05) is 25.2 Å². The molecule has 0 aliphatic carbocycles. The second-order valence-corrected chi connectivity index (χ2v) is 5.43. The molecule has 0 spiro atoms. The molecule has 0 fully saturated rings. The summed E-state index contributed by atoms with van der Waals surface area (Å²) < 4.78 is 5.66. The molecule has 1 aliphatic rings. The Balaban J connectivity index is 0.00000220. The molecule has 2 unspecified atom stereocenters. The Morgan fingerprint density at radius 1 is 1.48 bits per heavy atom. The smallest absolute Gasteiger partial charge is 0.241 e. The van der Waals surface area contributed by atoms with Crippen molar-refractivity contribution in [3.63, 3.8) is 0 Å². The molecule has 118 valence electrons. The zero-order valence-electron chi connectivity index (χ0n) is 12.9. The van der Waals surface area contributed by atoms with Gasteiger partial charge in [0, 0.05) is 12.1 Å². The lowest BCUT2D eigenvalue weighted by Gasteiger charge is -2.16. The van der Waals surface area contributed by atoms with Gasteiger partial charge in [-0.2, -0.15) is 0 Å². The molecule has 1 aliphatic heterocycles. The zero-order chi connectivity index (χ0) is 14.5. The van der Waals surface area contributed by atoms with Crippen LogP contribution in [0.5, 0.6) is 5.75 Å². The van der Waals surface area contributed by atoms with Crippen LogP contribution in [0.3, 0.4) is 0 Å². The second kappa shape index (κ2) is 8.25. The minimum absolute atomic E-state index is 0. The number of hydrogen-bond donors (Lipinski definition) is 2. The van der Waals surface area contributed by atoms with Crippen LogP contribution in [0, 0.1) is 0 Å². The van der Waals surface area contributed by atoms with Crippen LogP contribution in [0.2, 0.25) is 0 Å². The van der Waals surface area contributed by atoms with Crippen LogP contribution >= 0.6 is 12.4 Å². The maximum atomic E-state index is 12.2. The number of carbonyl (C=O) groups excluding carboxylic acids is 1. The van der Waals surface area contributed by atoms with E-state index in [9.17, 15) is 4.79 Å². The van der Waals surface area contributed by atoms with Gasteiger partial charge in [0.1, 0.15) is 11.9 Å². The predicted molar refractivity (Wildman–Crippen MR) is 88.5 cm³/mol. The van der Waals surface area contributed by atoms with Crippen molar-refractivity contribution in [2.45, 2.75) is 51.7 Å². The number of nitrogens with one attached hydrogen (secondary N) is 2. The van der Waals surface area contributed by atoms with Crippen LogP contribution in [0.25, 0.3) is 0 Å². The fraction of sp³-hybridized carbons (Fsp3) is 0.562. The van der Waals surface area contributed by atoms with Crippen molar-refractivity contribution in [2.75, 3.05) is 12.4 Å². The first-order valence-corrected chi connectivity index (χ1v) is 7.41. The Hall–Kier alpha value is -1.26. The number of amides is 1. The van der Waals surface area contributed by atoms with Crippen molar-refractivity contribution in [1.82, 2.24) is 5.32 Å². The second-order valence-electron chi connectivity index (χ2n) is 5.43. The lowest BCUT2D eigenvalue weighted by molar-refractivity contribution is -0.118. The van der Waals surface area contributed by atoms with Gasteiger partial charge in [-0.1, -0.05) is 19.8 Å². The normalized spacial score (nSPS) is 17.4. The van der Waals surface area contributed by atoms with Crippen LogP contribution in [0.1, 0.15) is 38.7 Å². The molecule has 21 heavy (non-hydrogen) atoms. The molecule has 4 nitrogen and oxygen atoms in total. The standard InChI is InChI=1S/C16H24N2O2.ClH/c1-4-5-6-14(17-3)16(19)18-13-7-8-15-12(10-13)9-11(2)20-15;/h7-8,10-11,14,17H,4-6,9H2,1-3H3,(H,18,19);1H. The highest BCUT2D eigenvalue weighted by Crippen LogP contribution is 2.30. The largest absolute Gasteiger partial charge is 0.490 e. The van der Waals surface area contributed by atoms with Crippen LogP contribution in [-0.2, 0) is 11.2 Å². The van der Waals surface area contributed by atoms with E-state index in [0.29, 0.717) is 0 Å². The lowest BCUT2D eigenvalue weighted by atomic mass is 10.1. The van der Waals surface area contributed by atoms with Crippen LogP contribution in [0.15, 0.2) is 18.2 Å². The third-order valence-electron chi connectivity index (χ3n) is 3.67. The molecule has 2 rings (SSSR count). The van der Waals surface area contributed by atoms with Gasteiger partial charge in [-0.15, -0.1) is 12.4 Å². The van der Waals surface area contributed by atoms with E-state index in [4.69, 9.17) is 4.74 Å². The number of rotatable bonds is 6. The molecule has 0 bridgehead atoms. The number of likely N-dealkylation sites (N-methyl/N-ethyl adjacent to an activating group) is 1. The van der Waals surface area contributed by atoms with Crippen LogP contribution < -0.4 is 15.4 Å². The summed E-state index contributed by atoms with van der Waals surface area (Å²) >= 11 is 0. The molecule has 1 aromatic carbocycles. The SMILES string of the molecule is CCCCC(NC)C(=O)Nc1ccc2c(c1)CC(C)O2.Cl. The summed E-state index contributed by atoms with van der Waals surface area (Å²) in [4.78, 5) is 12.2. The average Bonchev–Trinajstić information content (AvgIpc) is 2.79. The van der Waals surface area contributed by atoms with E-state index in [2.05, 4.69) is 24.5 Å². The zero-order valence-corrected chi connectivity index (χ0v) is 13.8. The quantitative estimate of drug-likeness (QED) is 0.848. The van der Waals surface area contributed by atoms with E-state index in [1.54, 1.807) is 0 Å². The predicted octanol–water partition coefficient (Wildman–Crippen LogP) is 3.15. The topological polar surface area (TPSA) is 50.4 Å². The number of halogens is 1. The van der Waals surface area contributed by atoms with E-state index in [1.165, 1.54) is 5.56 Å². The fourth-order valence-corrected chi connectivity index (χ4v) is 2.54. The molecule has 0 radical (unpaired) electrons. The van der Waals surface area contributed by atoms with Crippen LogP contribution in [-0.4, -0.2) is 25.1 Å². The van der Waals surface area contributed by atoms with Gasteiger partial charge < -0.3 is 15.4 Å². The molecular weight excluding hydrogens is 288 g/mol. The molecule has 2 N–H and O–H groups in total. The summed E-state index contributed by atoms with van der Waals surface area (Å²) in [6, 6.07) is 5.73. The number of benzene rings is 1. The highest BCUT2D eigenvalue weighted by molar-refractivity contribution is 5.95. The molecule has 0 saturated heterocycles. The highest BCUT2D eigenvalue weighted by Gasteiger charge is 2.20. The first-order valence-electron chi connectivity index (χ1n) is 7.41. The fourth-order valence-electron chi connectivity index (χ4n) is 2.54. The third-order valence-corrected chi connectivity index (χ3v) is 3.67. The Morgan fingerprint density at radius 2 is 2.24 bits per heavy atom. The van der Waals surface area contributed by atoms with Gasteiger partial charge in [-0.3, -0.25) is 4.79 Å². The van der Waals surface area contributed by atoms with Gasteiger partial charge in [0.05, 0.1) is 6.04 Å². The number of hydrogen-bond acceptors (Lipinski definition) is 3. The number of fused-ring (bicyclic) bond motifs is 1. The van der Waals surface area contributed by atoms with Gasteiger partial charge >= 0.3 is 0 Å². The van der Waals surface area contributed by atoms with E-state index >= 15 is 0 Å². The molecule has 5 heteroatoms. The maximum absolute atomic E-state index is 12.2. The minimum Gasteiger partial charge on any atom is -0.490 e. The highest BCUT2D eigenvalue weighted by atomic mass is 35.5. The van der Waals surface area contributed by atoms with Gasteiger partial charge in [0.25, 0.3) is 0 Å². The van der Waals surface area contributed by atoms with Crippen molar-refractivity contribution in [3.05, 3.63) is 23.8 Å². The van der Waals surface area contributed by atoms with E-state index in [0.717, 1.165) is 37.1 Å². The Bertz CT molecular complexity index is 479. The summed E-state index contributed by atoms with van der Waals surface area (Å²) in [5.41, 5.74) is 2.02. The van der Waals surface area contributed by atoms with Gasteiger partial charge in [0.15, 0.2) is 0 Å². The monoisotopic (exact) mass is 312 g/mol. The minimum atomic E-state index is -0.127. The summed E-state index contributed by atoms with van der Waals surface area (Å²) in [5.74, 6) is 0.972. The Morgan fingerprint density at radius 3 is 2.90 bits per heavy atom.